The standard InChI is InChI=1S/C7H8BrF2N3/c8-6-5(7(9)10)3(1-11)4(12)2-13-6/h2,7H,1,11-12H2. The third-order valence-corrected chi connectivity index (χ3v) is 2.27. The Morgan fingerprint density at radius 2 is 2.15 bits per heavy atom. The Bertz CT molecular complexity index is 317. The maximum Gasteiger partial charge on any atom is 0.266 e. The molecule has 0 saturated carbocycles. The first-order valence-electron chi connectivity index (χ1n) is 3.49. The summed E-state index contributed by atoms with van der Waals surface area (Å²) < 4.78 is 25.0. The van der Waals surface area contributed by atoms with Gasteiger partial charge < -0.3 is 11.5 Å². The fourth-order valence-electron chi connectivity index (χ4n) is 1.00. The largest absolute Gasteiger partial charge is 0.397 e. The van der Waals surface area contributed by atoms with Crippen LogP contribution in [0.15, 0.2) is 10.8 Å². The third kappa shape index (κ3) is 1.94. The van der Waals surface area contributed by atoms with Crippen LogP contribution in [0, 0.1) is 0 Å². The molecule has 1 rings (SSSR count). The maximum atomic E-state index is 12.5. The normalized spacial score (nSPS) is 10.8. The second-order valence-corrected chi connectivity index (χ2v) is 3.15. The monoisotopic (exact) mass is 251 g/mol. The van der Waals surface area contributed by atoms with E-state index in [4.69, 9.17) is 11.5 Å². The molecule has 0 aromatic carbocycles. The SMILES string of the molecule is NCc1c(N)cnc(Br)c1C(F)F. The molecule has 0 aliphatic heterocycles. The second-order valence-electron chi connectivity index (χ2n) is 2.40. The van der Waals surface area contributed by atoms with Crippen molar-refractivity contribution in [2.45, 2.75) is 13.0 Å². The van der Waals surface area contributed by atoms with Crippen LogP contribution in [-0.4, -0.2) is 4.98 Å². The molecule has 0 amide bonds. The van der Waals surface area contributed by atoms with E-state index in [-0.39, 0.29) is 28.0 Å². The number of aromatic nitrogens is 1. The molecule has 0 aliphatic carbocycles. The number of rotatable bonds is 2. The number of nitrogens with zero attached hydrogens (tertiary/aromatic N) is 1. The molecule has 0 aliphatic rings. The van der Waals surface area contributed by atoms with E-state index in [2.05, 4.69) is 20.9 Å². The average molecular weight is 252 g/mol. The van der Waals surface area contributed by atoms with Crippen LogP contribution >= 0.6 is 15.9 Å². The van der Waals surface area contributed by atoms with Crippen molar-refractivity contribution >= 4 is 21.6 Å². The minimum absolute atomic E-state index is 0.0212. The van der Waals surface area contributed by atoms with Gasteiger partial charge in [-0.1, -0.05) is 0 Å². The highest BCUT2D eigenvalue weighted by Crippen LogP contribution is 2.31. The number of nitrogen functional groups attached to an aromatic ring is 1. The van der Waals surface area contributed by atoms with Crippen molar-refractivity contribution in [3.05, 3.63) is 21.9 Å². The molecule has 0 radical (unpaired) electrons. The lowest BCUT2D eigenvalue weighted by Gasteiger charge is -2.10. The van der Waals surface area contributed by atoms with Gasteiger partial charge in [-0.05, 0) is 15.9 Å². The van der Waals surface area contributed by atoms with Gasteiger partial charge in [0.2, 0.25) is 0 Å². The summed E-state index contributed by atoms with van der Waals surface area (Å²) in [6.07, 6.45) is -1.32. The zero-order chi connectivity index (χ0) is 10.0. The molecule has 1 aromatic rings. The lowest BCUT2D eigenvalue weighted by Crippen LogP contribution is -2.08. The number of pyridine rings is 1. The summed E-state index contributed by atoms with van der Waals surface area (Å²) in [5.74, 6) is 0. The van der Waals surface area contributed by atoms with E-state index >= 15 is 0 Å². The summed E-state index contributed by atoms with van der Waals surface area (Å²) in [6, 6.07) is 0. The summed E-state index contributed by atoms with van der Waals surface area (Å²) in [7, 11) is 0. The van der Waals surface area contributed by atoms with Crippen LogP contribution in [0.1, 0.15) is 17.6 Å². The molecule has 0 saturated heterocycles. The molecule has 6 heteroatoms. The molecule has 13 heavy (non-hydrogen) atoms. The Morgan fingerprint density at radius 3 is 2.54 bits per heavy atom. The highest BCUT2D eigenvalue weighted by atomic mass is 79.9. The van der Waals surface area contributed by atoms with Crippen LogP contribution in [0.4, 0.5) is 14.5 Å². The Morgan fingerprint density at radius 1 is 1.54 bits per heavy atom. The van der Waals surface area contributed by atoms with E-state index in [1.807, 2.05) is 0 Å². The second kappa shape index (κ2) is 3.97. The van der Waals surface area contributed by atoms with Crippen LogP contribution in [-0.2, 0) is 6.54 Å². The van der Waals surface area contributed by atoms with Gasteiger partial charge >= 0.3 is 0 Å². The summed E-state index contributed by atoms with van der Waals surface area (Å²) >= 11 is 2.92. The van der Waals surface area contributed by atoms with Crippen molar-refractivity contribution in [1.82, 2.24) is 4.98 Å². The van der Waals surface area contributed by atoms with E-state index < -0.39 is 6.43 Å². The Hall–Kier alpha value is -0.750. The molecule has 3 nitrogen and oxygen atoms in total. The van der Waals surface area contributed by atoms with Gasteiger partial charge in [-0.2, -0.15) is 0 Å². The van der Waals surface area contributed by atoms with Crippen molar-refractivity contribution in [2.24, 2.45) is 5.73 Å². The number of nitrogens with two attached hydrogens (primary N) is 2. The Kier molecular flexibility index (Phi) is 3.16. The van der Waals surface area contributed by atoms with E-state index in [1.165, 1.54) is 6.20 Å². The van der Waals surface area contributed by atoms with E-state index in [9.17, 15) is 8.78 Å². The van der Waals surface area contributed by atoms with Crippen LogP contribution < -0.4 is 11.5 Å². The number of halogens is 3. The van der Waals surface area contributed by atoms with Gasteiger partial charge in [-0.3, -0.25) is 0 Å². The van der Waals surface area contributed by atoms with Crippen molar-refractivity contribution < 1.29 is 8.78 Å². The van der Waals surface area contributed by atoms with Crippen molar-refractivity contribution in [1.29, 1.82) is 0 Å². The predicted molar refractivity (Wildman–Crippen MR) is 49.2 cm³/mol. The molecule has 72 valence electrons. The van der Waals surface area contributed by atoms with E-state index in [0.29, 0.717) is 0 Å². The first-order valence-corrected chi connectivity index (χ1v) is 4.28. The molecular weight excluding hydrogens is 244 g/mol. The molecule has 0 atom stereocenters. The smallest absolute Gasteiger partial charge is 0.266 e. The number of hydrogen-bond donors (Lipinski definition) is 2. The molecule has 4 N–H and O–H groups in total. The quantitative estimate of drug-likeness (QED) is 0.789. The predicted octanol–water partition coefficient (Wildman–Crippen LogP) is 1.82. The number of alkyl halides is 2. The molecule has 1 aromatic heterocycles. The van der Waals surface area contributed by atoms with Crippen molar-refractivity contribution in [3.63, 3.8) is 0 Å². The molecule has 0 bridgehead atoms. The van der Waals surface area contributed by atoms with Crippen LogP contribution in [0.2, 0.25) is 0 Å². The van der Waals surface area contributed by atoms with Crippen LogP contribution in [0.5, 0.6) is 0 Å². The van der Waals surface area contributed by atoms with Crippen LogP contribution in [0.3, 0.4) is 0 Å². The summed E-state index contributed by atoms with van der Waals surface area (Å²) in [5.41, 5.74) is 11.0. The maximum absolute atomic E-state index is 12.5. The minimum Gasteiger partial charge on any atom is -0.397 e. The summed E-state index contributed by atoms with van der Waals surface area (Å²) in [4.78, 5) is 3.66. The lowest BCUT2D eigenvalue weighted by atomic mass is 10.1. The molecule has 0 unspecified atom stereocenters. The summed E-state index contributed by atoms with van der Waals surface area (Å²) in [5, 5.41) is 0. The van der Waals surface area contributed by atoms with Gasteiger partial charge in [-0.15, -0.1) is 0 Å². The first kappa shape index (κ1) is 10.3. The fraction of sp³-hybridized carbons (Fsp3) is 0.286. The van der Waals surface area contributed by atoms with Gasteiger partial charge in [0.15, 0.2) is 0 Å². The number of anilines is 1. The van der Waals surface area contributed by atoms with E-state index in [1.54, 1.807) is 0 Å². The summed E-state index contributed by atoms with van der Waals surface area (Å²) in [6.45, 7) is -0.0212. The lowest BCUT2D eigenvalue weighted by molar-refractivity contribution is 0.149. The molecular formula is C7H8BrF2N3. The highest BCUT2D eigenvalue weighted by molar-refractivity contribution is 9.10. The van der Waals surface area contributed by atoms with Crippen molar-refractivity contribution in [2.75, 3.05) is 5.73 Å². The topological polar surface area (TPSA) is 64.9 Å². The van der Waals surface area contributed by atoms with Crippen LogP contribution in [0.25, 0.3) is 0 Å². The van der Waals surface area contributed by atoms with Gasteiger partial charge in [0.1, 0.15) is 4.60 Å². The minimum atomic E-state index is -2.62. The Labute approximate surface area is 82.3 Å². The molecule has 0 spiro atoms. The third-order valence-electron chi connectivity index (χ3n) is 1.64. The van der Waals surface area contributed by atoms with E-state index in [0.717, 1.165) is 0 Å². The molecule has 0 fully saturated rings. The first-order chi connectivity index (χ1) is 6.07. The van der Waals surface area contributed by atoms with Crippen molar-refractivity contribution in [3.8, 4) is 0 Å². The fourth-order valence-corrected chi connectivity index (χ4v) is 1.52. The Balaban J connectivity index is 3.35. The zero-order valence-electron chi connectivity index (χ0n) is 6.60. The van der Waals surface area contributed by atoms with Gasteiger partial charge in [0.05, 0.1) is 17.4 Å². The van der Waals surface area contributed by atoms with Gasteiger partial charge in [0.25, 0.3) is 6.43 Å². The molecule has 1 heterocycles. The highest BCUT2D eigenvalue weighted by Gasteiger charge is 2.18. The zero-order valence-corrected chi connectivity index (χ0v) is 8.18. The number of hydrogen-bond acceptors (Lipinski definition) is 3. The van der Waals surface area contributed by atoms with Gasteiger partial charge in [-0.25, -0.2) is 13.8 Å². The van der Waals surface area contributed by atoms with Gasteiger partial charge in [0, 0.05) is 12.1 Å². The average Bonchev–Trinajstić information content (AvgIpc) is 2.07.